The maximum Gasteiger partial charge on any atom is 0.187 e. The van der Waals surface area contributed by atoms with Crippen molar-refractivity contribution < 1.29 is 25.8 Å². The molecule has 0 aromatic rings. The van der Waals surface area contributed by atoms with E-state index in [1.54, 1.807) is 0 Å². The molecule has 0 aromatic carbocycles. The van der Waals surface area contributed by atoms with Crippen molar-refractivity contribution >= 4 is 34.8 Å². The van der Waals surface area contributed by atoms with Crippen LogP contribution in [0.5, 0.6) is 0 Å². The predicted molar refractivity (Wildman–Crippen MR) is 26.0 cm³/mol. The van der Waals surface area contributed by atoms with Crippen LogP contribution in [0.2, 0.25) is 0 Å². The Morgan fingerprint density at radius 2 is 1.17 bits per heavy atom. The van der Waals surface area contributed by atoms with Gasteiger partial charge in [-0.05, 0) is 6.92 Å². The van der Waals surface area contributed by atoms with Crippen LogP contribution in [0.3, 0.4) is 0 Å². The van der Waals surface area contributed by atoms with Crippen molar-refractivity contribution in [1.29, 1.82) is 0 Å². The van der Waals surface area contributed by atoms with Gasteiger partial charge >= 0.3 is 0 Å². The molecule has 0 saturated carbocycles. The first kappa shape index (κ1) is 10.7. The molecule has 0 aliphatic rings. The van der Waals surface area contributed by atoms with Crippen molar-refractivity contribution in [3.05, 3.63) is 0 Å². The summed E-state index contributed by atoms with van der Waals surface area (Å²) < 4.78 is -1.08. The second-order valence-electron chi connectivity index (χ2n) is 0.781. The third-order valence-corrected chi connectivity index (χ3v) is 0. The summed E-state index contributed by atoms with van der Waals surface area (Å²) in [6.07, 6.45) is 0. The van der Waals surface area contributed by atoms with E-state index >= 15 is 0 Å². The largest absolute Gasteiger partial charge is 0.187 e. The Bertz CT molecular complexity index is 24.3. The summed E-state index contributed by atoms with van der Waals surface area (Å²) in [6.45, 7) is 1.48. The molecule has 0 atom stereocenters. The minimum atomic E-state index is -1.08. The fraction of sp³-hybridized carbons (Fsp3) is 1.00. The molecule has 0 radical (unpaired) electrons. The zero-order valence-electron chi connectivity index (χ0n) is 3.13. The molecule has 0 rings (SSSR count). The predicted octanol–water partition coefficient (Wildman–Crippen LogP) is 2.37. The number of halogens is 3. The van der Waals surface area contributed by atoms with Gasteiger partial charge in [0, 0.05) is 25.8 Å². The van der Waals surface area contributed by atoms with Crippen molar-refractivity contribution in [2.75, 3.05) is 0 Å². The van der Waals surface area contributed by atoms with E-state index in [2.05, 4.69) is 0 Å². The second-order valence-corrected chi connectivity index (χ2v) is 3.63. The van der Waals surface area contributed by atoms with Crippen LogP contribution in [0, 0.1) is 0 Å². The Morgan fingerprint density at radius 3 is 1.17 bits per heavy atom. The third-order valence-electron chi connectivity index (χ3n) is 0. The van der Waals surface area contributed by atoms with E-state index in [0.717, 1.165) is 0 Å². The Balaban J connectivity index is 0. The van der Waals surface area contributed by atoms with Crippen LogP contribution in [-0.2, 0) is 25.8 Å². The van der Waals surface area contributed by atoms with E-state index in [4.69, 9.17) is 34.8 Å². The maximum absolute atomic E-state index is 5.06. The molecule has 0 aliphatic carbocycles. The molecule has 0 heterocycles. The van der Waals surface area contributed by atoms with Crippen LogP contribution < -0.4 is 0 Å². The van der Waals surface area contributed by atoms with Crippen LogP contribution in [0.15, 0.2) is 0 Å². The molecule has 4 heteroatoms. The minimum absolute atomic E-state index is 0. The summed E-state index contributed by atoms with van der Waals surface area (Å²) in [5.41, 5.74) is 0. The Morgan fingerprint density at radius 1 is 1.17 bits per heavy atom. The van der Waals surface area contributed by atoms with Gasteiger partial charge < -0.3 is 0 Å². The first-order valence-corrected chi connectivity index (χ1v) is 2.20. The molecule has 0 amide bonds. The topological polar surface area (TPSA) is 0 Å². The van der Waals surface area contributed by atoms with Crippen LogP contribution in [0.1, 0.15) is 6.92 Å². The summed E-state index contributed by atoms with van der Waals surface area (Å²) in [5.74, 6) is 0. The molecule has 0 saturated heterocycles. The van der Waals surface area contributed by atoms with Gasteiger partial charge in [0.1, 0.15) is 0 Å². The number of alkyl halides is 3. The number of hydrogen-bond acceptors (Lipinski definition) is 0. The van der Waals surface area contributed by atoms with E-state index in [9.17, 15) is 0 Å². The minimum Gasteiger partial charge on any atom is -0.0840 e. The van der Waals surface area contributed by atoms with Gasteiger partial charge in [0.25, 0.3) is 0 Å². The zero-order chi connectivity index (χ0) is 4.50. The first-order chi connectivity index (χ1) is 2.00. The van der Waals surface area contributed by atoms with Gasteiger partial charge in [0.15, 0.2) is 3.79 Å². The summed E-state index contributed by atoms with van der Waals surface area (Å²) in [4.78, 5) is 0. The van der Waals surface area contributed by atoms with Gasteiger partial charge in [-0.15, -0.1) is 0 Å². The van der Waals surface area contributed by atoms with Crippen LogP contribution in [0.25, 0.3) is 0 Å². The summed E-state index contributed by atoms with van der Waals surface area (Å²) in [6, 6.07) is 0. The second kappa shape index (κ2) is 3.71. The van der Waals surface area contributed by atoms with Crippen LogP contribution in [0.4, 0.5) is 0 Å². The van der Waals surface area contributed by atoms with Gasteiger partial charge in [-0.1, -0.05) is 34.8 Å². The molecule has 0 nitrogen and oxygen atoms in total. The van der Waals surface area contributed by atoms with Crippen LogP contribution >= 0.6 is 34.8 Å². The van der Waals surface area contributed by atoms with Gasteiger partial charge in [-0.25, -0.2) is 0 Å². The van der Waals surface area contributed by atoms with Gasteiger partial charge in [-0.3, -0.25) is 0 Å². The van der Waals surface area contributed by atoms with Gasteiger partial charge in [-0.2, -0.15) is 0 Å². The van der Waals surface area contributed by atoms with Gasteiger partial charge in [0.2, 0.25) is 0 Å². The smallest absolute Gasteiger partial charge is 0.0840 e. The van der Waals surface area contributed by atoms with Crippen molar-refractivity contribution in [1.82, 2.24) is 0 Å². The summed E-state index contributed by atoms with van der Waals surface area (Å²) in [5, 5.41) is 0. The molecular formula is C2H3Cl3Hf. The van der Waals surface area contributed by atoms with Crippen LogP contribution in [-0.4, -0.2) is 3.79 Å². The quantitative estimate of drug-likeness (QED) is 0.476. The molecule has 0 bridgehead atoms. The standard InChI is InChI=1S/C2H3Cl3.Hf/c1-2(3,4)5;/h1H3;. The molecule has 0 aromatic heterocycles. The monoisotopic (exact) mass is 312 g/mol. The summed E-state index contributed by atoms with van der Waals surface area (Å²) in [7, 11) is 0. The first-order valence-electron chi connectivity index (χ1n) is 1.07. The molecule has 0 aliphatic heterocycles. The van der Waals surface area contributed by atoms with E-state index in [1.165, 1.54) is 6.92 Å². The van der Waals surface area contributed by atoms with Crippen molar-refractivity contribution in [2.45, 2.75) is 10.7 Å². The molecule has 6 heavy (non-hydrogen) atoms. The average Bonchev–Trinajstić information content (AvgIpc) is 0.722. The number of hydrogen-bond donors (Lipinski definition) is 0. The van der Waals surface area contributed by atoms with E-state index in [0.29, 0.717) is 0 Å². The SMILES string of the molecule is CC(Cl)(Cl)Cl.[Hf]. The normalized spacial score (nSPS) is 10.0. The zero-order valence-corrected chi connectivity index (χ0v) is 8.99. The van der Waals surface area contributed by atoms with E-state index in [-0.39, 0.29) is 25.8 Å². The summed E-state index contributed by atoms with van der Waals surface area (Å²) >= 11 is 15.2. The number of rotatable bonds is 0. The molecule has 0 unspecified atom stereocenters. The molecule has 0 N–H and O–H groups in total. The van der Waals surface area contributed by atoms with Gasteiger partial charge in [0.05, 0.1) is 0 Å². The molecular weight excluding hydrogens is 309 g/mol. The van der Waals surface area contributed by atoms with E-state index in [1.807, 2.05) is 0 Å². The molecule has 36 valence electrons. The van der Waals surface area contributed by atoms with E-state index < -0.39 is 3.79 Å². The third kappa shape index (κ3) is 42.6. The maximum atomic E-state index is 5.06. The Labute approximate surface area is 70.9 Å². The Hall–Kier alpha value is 1.74. The van der Waals surface area contributed by atoms with Crippen molar-refractivity contribution in [3.8, 4) is 0 Å². The molecule has 0 spiro atoms. The average molecular weight is 312 g/mol. The van der Waals surface area contributed by atoms with Crippen molar-refractivity contribution in [3.63, 3.8) is 0 Å². The fourth-order valence-electron chi connectivity index (χ4n) is 0. The molecule has 0 fully saturated rings. The van der Waals surface area contributed by atoms with Crippen molar-refractivity contribution in [2.24, 2.45) is 0 Å². The Kier molecular flexibility index (Phi) is 6.59. The fourth-order valence-corrected chi connectivity index (χ4v) is 0.